The van der Waals surface area contributed by atoms with Crippen molar-refractivity contribution in [1.29, 1.82) is 0 Å². The molecule has 9 nitrogen and oxygen atoms in total. The Labute approximate surface area is 220 Å². The van der Waals surface area contributed by atoms with E-state index in [4.69, 9.17) is 11.5 Å². The van der Waals surface area contributed by atoms with E-state index in [9.17, 15) is 19.5 Å². The number of nitrogens with one attached hydrogen (secondary N) is 1. The van der Waals surface area contributed by atoms with Crippen molar-refractivity contribution in [3.63, 3.8) is 0 Å². The molecule has 1 saturated heterocycles. The minimum absolute atomic E-state index is 0.299. The number of nitrogens with two attached hydrogens (primary N) is 2. The van der Waals surface area contributed by atoms with Gasteiger partial charge >= 0.3 is 0 Å². The Kier molecular flexibility index (Phi) is 9.99. The van der Waals surface area contributed by atoms with Crippen LogP contribution in [-0.4, -0.2) is 46.9 Å². The third kappa shape index (κ3) is 7.27. The van der Waals surface area contributed by atoms with Gasteiger partial charge in [0.2, 0.25) is 5.91 Å². The van der Waals surface area contributed by atoms with E-state index in [1.165, 1.54) is 11.3 Å². The molecule has 3 aromatic rings. The number of Topliss-reactive ketones (excluding diaryl/α,β-unsaturated/α-hetero) is 1. The molecule has 0 spiro atoms. The maximum absolute atomic E-state index is 11.6. The first kappa shape index (κ1) is 28.1. The minimum atomic E-state index is -0.890. The Morgan fingerprint density at radius 2 is 1.86 bits per heavy atom. The number of pyridine rings is 1. The maximum atomic E-state index is 11.6. The highest BCUT2D eigenvalue weighted by Gasteiger charge is 2.22. The van der Waals surface area contributed by atoms with Crippen molar-refractivity contribution in [2.45, 2.75) is 58.6 Å². The number of aliphatic hydroxyl groups is 1. The predicted octanol–water partition coefficient (Wildman–Crippen LogP) is 3.17. The van der Waals surface area contributed by atoms with Gasteiger partial charge in [0, 0.05) is 37.9 Å². The molecule has 1 unspecified atom stereocenters. The van der Waals surface area contributed by atoms with Crippen LogP contribution in [0.25, 0.3) is 10.2 Å². The number of aryl methyl sites for hydroxylation is 1. The van der Waals surface area contributed by atoms with Crippen LogP contribution >= 0.6 is 11.3 Å². The van der Waals surface area contributed by atoms with Crippen molar-refractivity contribution in [3.05, 3.63) is 52.4 Å². The van der Waals surface area contributed by atoms with Crippen molar-refractivity contribution >= 4 is 50.7 Å². The van der Waals surface area contributed by atoms with Crippen LogP contribution in [-0.2, 0) is 22.6 Å². The fourth-order valence-electron chi connectivity index (χ4n) is 4.07. The van der Waals surface area contributed by atoms with Crippen LogP contribution in [0.4, 0.5) is 11.5 Å². The van der Waals surface area contributed by atoms with E-state index in [0.29, 0.717) is 55.2 Å². The van der Waals surface area contributed by atoms with E-state index in [1.807, 2.05) is 36.4 Å². The van der Waals surface area contributed by atoms with Crippen molar-refractivity contribution in [2.24, 2.45) is 5.73 Å². The normalized spacial score (nSPS) is 14.1. The summed E-state index contributed by atoms with van der Waals surface area (Å²) in [5.74, 6) is 0.327. The van der Waals surface area contributed by atoms with Gasteiger partial charge in [0.25, 0.3) is 5.91 Å². The Hall–Kier alpha value is -3.50. The number of anilines is 2. The Balaban J connectivity index is 0.000000233. The Morgan fingerprint density at radius 1 is 1.19 bits per heavy atom. The van der Waals surface area contributed by atoms with Crippen LogP contribution < -0.4 is 21.7 Å². The number of aliphatic hydroxyl groups excluding tert-OH is 1. The standard InChI is InChI=1S/C16H20N4O2S.C11H15NO2/c1-2-3-9-8-11(20-6-4-10(21)5-7-20)19-16-12(9)13(17)14(23-16)15(18)22;1-2-10(13)11(14)12-8-9-6-4-3-5-7-9/h8H,2-7,17H2,1H3,(H2,18,22);3-7,10,13H,2,8H2,1H3,(H,12,14). The summed E-state index contributed by atoms with van der Waals surface area (Å²) in [6, 6.07) is 11.6. The summed E-state index contributed by atoms with van der Waals surface area (Å²) in [7, 11) is 0. The predicted molar refractivity (Wildman–Crippen MR) is 148 cm³/mol. The maximum Gasteiger partial charge on any atom is 0.260 e. The van der Waals surface area contributed by atoms with E-state index >= 15 is 0 Å². The zero-order valence-electron chi connectivity index (χ0n) is 21.3. The first-order valence-corrected chi connectivity index (χ1v) is 13.3. The average Bonchev–Trinajstić information content (AvgIpc) is 3.25. The summed E-state index contributed by atoms with van der Waals surface area (Å²) < 4.78 is 0. The third-order valence-corrected chi connectivity index (χ3v) is 7.27. The lowest BCUT2D eigenvalue weighted by Crippen LogP contribution is -2.34. The number of thiophene rings is 1. The molecule has 1 fully saturated rings. The number of nitrogens with zero attached hydrogens (tertiary/aromatic N) is 2. The van der Waals surface area contributed by atoms with Gasteiger partial charge in [-0.2, -0.15) is 0 Å². The van der Waals surface area contributed by atoms with Crippen LogP contribution in [0.2, 0.25) is 0 Å². The highest BCUT2D eigenvalue weighted by atomic mass is 32.1. The second-order valence-electron chi connectivity index (χ2n) is 8.93. The fourth-order valence-corrected chi connectivity index (χ4v) is 5.06. The van der Waals surface area contributed by atoms with E-state index in [2.05, 4.69) is 22.1 Å². The molecule has 0 saturated carbocycles. The molecule has 1 atom stereocenters. The molecule has 0 bridgehead atoms. The molecule has 1 aliphatic heterocycles. The molecule has 37 heavy (non-hydrogen) atoms. The van der Waals surface area contributed by atoms with Gasteiger partial charge in [-0.3, -0.25) is 14.4 Å². The molecule has 2 aromatic heterocycles. The molecule has 6 N–H and O–H groups in total. The number of carbonyl (C=O) groups excluding carboxylic acids is 3. The summed E-state index contributed by atoms with van der Waals surface area (Å²) in [4.78, 5) is 42.1. The van der Waals surface area contributed by atoms with E-state index in [-0.39, 0.29) is 5.91 Å². The number of primary amides is 1. The van der Waals surface area contributed by atoms with Gasteiger partial charge in [0.15, 0.2) is 0 Å². The summed E-state index contributed by atoms with van der Waals surface area (Å²) in [5.41, 5.74) is 14.1. The molecule has 2 amide bonds. The molecular formula is C27H35N5O4S. The van der Waals surface area contributed by atoms with Crippen molar-refractivity contribution in [1.82, 2.24) is 10.3 Å². The largest absolute Gasteiger partial charge is 0.397 e. The van der Waals surface area contributed by atoms with Crippen LogP contribution in [0, 0.1) is 0 Å². The second kappa shape index (κ2) is 13.2. The highest BCUT2D eigenvalue weighted by Crippen LogP contribution is 2.37. The smallest absolute Gasteiger partial charge is 0.260 e. The first-order chi connectivity index (χ1) is 17.7. The number of ketones is 1. The number of hydrogen-bond acceptors (Lipinski definition) is 8. The number of fused-ring (bicyclic) bond motifs is 1. The third-order valence-electron chi connectivity index (χ3n) is 6.15. The lowest BCUT2D eigenvalue weighted by Gasteiger charge is -2.27. The molecule has 3 heterocycles. The highest BCUT2D eigenvalue weighted by molar-refractivity contribution is 7.21. The number of amides is 2. The second-order valence-corrected chi connectivity index (χ2v) is 9.93. The van der Waals surface area contributed by atoms with Crippen molar-refractivity contribution in [2.75, 3.05) is 23.7 Å². The van der Waals surface area contributed by atoms with Gasteiger partial charge < -0.3 is 26.8 Å². The number of nitrogen functional groups attached to an aromatic ring is 1. The molecule has 198 valence electrons. The quantitative estimate of drug-likeness (QED) is 0.352. The summed E-state index contributed by atoms with van der Waals surface area (Å²) in [5, 5.41) is 12.7. The lowest BCUT2D eigenvalue weighted by atomic mass is 10.0. The molecule has 0 radical (unpaired) electrons. The average molecular weight is 526 g/mol. The van der Waals surface area contributed by atoms with Crippen molar-refractivity contribution in [3.8, 4) is 0 Å². The van der Waals surface area contributed by atoms with Crippen LogP contribution in [0.5, 0.6) is 0 Å². The van der Waals surface area contributed by atoms with E-state index in [1.54, 1.807) is 6.92 Å². The van der Waals surface area contributed by atoms with Crippen LogP contribution in [0.15, 0.2) is 36.4 Å². The zero-order chi connectivity index (χ0) is 26.9. The van der Waals surface area contributed by atoms with Gasteiger partial charge in [0.1, 0.15) is 27.4 Å². The molecule has 1 aromatic carbocycles. The minimum Gasteiger partial charge on any atom is -0.397 e. The number of aromatic nitrogens is 1. The lowest BCUT2D eigenvalue weighted by molar-refractivity contribution is -0.129. The van der Waals surface area contributed by atoms with Gasteiger partial charge in [0.05, 0.1) is 5.69 Å². The molecule has 10 heteroatoms. The number of carbonyl (C=O) groups is 3. The first-order valence-electron chi connectivity index (χ1n) is 12.5. The topological polar surface area (TPSA) is 152 Å². The number of benzene rings is 1. The van der Waals surface area contributed by atoms with Gasteiger partial charge in [-0.05, 0) is 30.0 Å². The summed E-state index contributed by atoms with van der Waals surface area (Å²) >= 11 is 1.25. The van der Waals surface area contributed by atoms with Gasteiger partial charge in [-0.25, -0.2) is 4.98 Å². The van der Waals surface area contributed by atoms with Gasteiger partial charge in [-0.1, -0.05) is 50.6 Å². The monoisotopic (exact) mass is 525 g/mol. The van der Waals surface area contributed by atoms with E-state index in [0.717, 1.165) is 40.0 Å². The molecular weight excluding hydrogens is 490 g/mol. The van der Waals surface area contributed by atoms with Crippen LogP contribution in [0.3, 0.4) is 0 Å². The van der Waals surface area contributed by atoms with E-state index < -0.39 is 12.0 Å². The van der Waals surface area contributed by atoms with Crippen molar-refractivity contribution < 1.29 is 19.5 Å². The van der Waals surface area contributed by atoms with Gasteiger partial charge in [-0.15, -0.1) is 11.3 Å². The molecule has 0 aliphatic carbocycles. The SMILES string of the molecule is CCC(O)C(=O)NCc1ccccc1.CCCc1cc(N2CCC(=O)CC2)nc2sc(C(N)=O)c(N)c12. The zero-order valence-corrected chi connectivity index (χ0v) is 22.1. The Morgan fingerprint density at radius 3 is 2.46 bits per heavy atom. The molecule has 4 rings (SSSR count). The Bertz CT molecular complexity index is 1230. The number of rotatable bonds is 8. The molecule has 1 aliphatic rings. The number of hydrogen-bond donors (Lipinski definition) is 4. The summed E-state index contributed by atoms with van der Waals surface area (Å²) in [6.45, 7) is 5.71. The van der Waals surface area contributed by atoms with Crippen LogP contribution in [0.1, 0.15) is 60.3 Å². The summed E-state index contributed by atoms with van der Waals surface area (Å²) in [6.07, 6.45) is 2.50. The number of piperidine rings is 1. The fraction of sp³-hybridized carbons (Fsp3) is 0.407.